The van der Waals surface area contributed by atoms with E-state index in [-0.39, 0.29) is 10.9 Å². The number of anilines is 1. The second kappa shape index (κ2) is 5.26. The van der Waals surface area contributed by atoms with Crippen LogP contribution in [0.2, 0.25) is 0 Å². The van der Waals surface area contributed by atoms with Crippen molar-refractivity contribution >= 4 is 28.9 Å². The monoisotopic (exact) mass is 265 g/mol. The van der Waals surface area contributed by atoms with Gasteiger partial charge in [0.1, 0.15) is 11.0 Å². The van der Waals surface area contributed by atoms with Crippen LogP contribution >= 0.6 is 12.2 Å². The topological polar surface area (TPSA) is 92.9 Å². The van der Waals surface area contributed by atoms with Crippen LogP contribution in [-0.2, 0) is 4.79 Å². The van der Waals surface area contributed by atoms with E-state index < -0.39 is 6.04 Å². The van der Waals surface area contributed by atoms with E-state index >= 15 is 0 Å². The molecule has 1 saturated carbocycles. The Labute approximate surface area is 110 Å². The highest BCUT2D eigenvalue weighted by atomic mass is 32.1. The highest BCUT2D eigenvalue weighted by Crippen LogP contribution is 2.19. The molecule has 1 aromatic heterocycles. The van der Waals surface area contributed by atoms with Crippen LogP contribution in [0.1, 0.15) is 25.3 Å². The molecule has 18 heavy (non-hydrogen) atoms. The van der Waals surface area contributed by atoms with Crippen LogP contribution in [0.5, 0.6) is 0 Å². The van der Waals surface area contributed by atoms with Crippen molar-refractivity contribution in [1.82, 2.24) is 15.5 Å². The van der Waals surface area contributed by atoms with Crippen molar-refractivity contribution in [1.29, 1.82) is 0 Å². The summed E-state index contributed by atoms with van der Waals surface area (Å²) in [6.07, 6.45) is 3.62. The van der Waals surface area contributed by atoms with Crippen molar-refractivity contribution < 1.29 is 4.79 Å². The number of nitrogens with one attached hydrogen (secondary N) is 2. The summed E-state index contributed by atoms with van der Waals surface area (Å²) in [4.78, 5) is 12.0. The quantitative estimate of drug-likeness (QED) is 0.658. The van der Waals surface area contributed by atoms with Gasteiger partial charge in [0, 0.05) is 6.04 Å². The molecule has 6 nitrogen and oxygen atoms in total. The van der Waals surface area contributed by atoms with Gasteiger partial charge in [-0.15, -0.1) is 5.10 Å². The Morgan fingerprint density at radius 3 is 2.94 bits per heavy atom. The zero-order chi connectivity index (χ0) is 13.1. The number of hydrogen-bond acceptors (Lipinski definition) is 5. The number of thiocarbonyl (C=S) groups is 1. The van der Waals surface area contributed by atoms with Crippen molar-refractivity contribution in [2.45, 2.75) is 31.8 Å². The van der Waals surface area contributed by atoms with Crippen molar-refractivity contribution in [3.8, 4) is 0 Å². The SMILES string of the molecule is CC(Nc1nnccc1C(N)=S)C(=O)NC1CC1. The summed E-state index contributed by atoms with van der Waals surface area (Å²) in [6.45, 7) is 1.76. The minimum absolute atomic E-state index is 0.0583. The molecule has 1 amide bonds. The molecule has 1 unspecified atom stereocenters. The summed E-state index contributed by atoms with van der Waals surface area (Å²) in [7, 11) is 0. The molecule has 4 N–H and O–H groups in total. The summed E-state index contributed by atoms with van der Waals surface area (Å²) >= 11 is 4.92. The molecule has 1 aromatic rings. The third-order valence-corrected chi connectivity index (χ3v) is 2.88. The van der Waals surface area contributed by atoms with Gasteiger partial charge in [-0.05, 0) is 25.8 Å². The summed E-state index contributed by atoms with van der Waals surface area (Å²) < 4.78 is 0. The van der Waals surface area contributed by atoms with E-state index in [2.05, 4.69) is 20.8 Å². The van der Waals surface area contributed by atoms with Crippen molar-refractivity contribution in [3.63, 3.8) is 0 Å². The number of rotatable bonds is 5. The molecule has 96 valence electrons. The standard InChI is InChI=1S/C11H15N5OS/c1-6(11(17)15-7-2-3-7)14-10-8(9(12)18)4-5-13-16-10/h4-7H,2-3H2,1H3,(H2,12,18)(H,14,16)(H,15,17). The van der Waals surface area contributed by atoms with E-state index in [0.717, 1.165) is 12.8 Å². The molecule has 1 aliphatic carbocycles. The molecule has 7 heteroatoms. The van der Waals surface area contributed by atoms with E-state index in [4.69, 9.17) is 18.0 Å². The molecule has 1 atom stereocenters. The number of carbonyl (C=O) groups excluding carboxylic acids is 1. The minimum Gasteiger partial charge on any atom is -0.389 e. The predicted octanol–water partition coefficient (Wildman–Crippen LogP) is 0.190. The van der Waals surface area contributed by atoms with E-state index in [1.165, 1.54) is 6.20 Å². The Kier molecular flexibility index (Phi) is 3.71. The minimum atomic E-state index is -0.407. The Morgan fingerprint density at radius 1 is 1.61 bits per heavy atom. The van der Waals surface area contributed by atoms with Crippen LogP contribution in [0.25, 0.3) is 0 Å². The fourth-order valence-corrected chi connectivity index (χ4v) is 1.63. The molecule has 1 heterocycles. The average molecular weight is 265 g/mol. The average Bonchev–Trinajstić information content (AvgIpc) is 3.13. The second-order valence-corrected chi connectivity index (χ2v) is 4.75. The Hall–Kier alpha value is -1.76. The molecule has 0 bridgehead atoms. The Morgan fingerprint density at radius 2 is 2.33 bits per heavy atom. The van der Waals surface area contributed by atoms with Gasteiger partial charge in [-0.25, -0.2) is 0 Å². The summed E-state index contributed by atoms with van der Waals surface area (Å²) in [5.74, 6) is 0.375. The molecule has 0 saturated heterocycles. The third-order valence-electron chi connectivity index (χ3n) is 2.66. The van der Waals surface area contributed by atoms with Gasteiger partial charge in [-0.1, -0.05) is 12.2 Å². The maximum absolute atomic E-state index is 11.8. The van der Waals surface area contributed by atoms with E-state index in [9.17, 15) is 4.79 Å². The molecule has 0 radical (unpaired) electrons. The predicted molar refractivity (Wildman–Crippen MR) is 72.2 cm³/mol. The number of nitrogens with two attached hydrogens (primary N) is 1. The normalized spacial score (nSPS) is 15.8. The van der Waals surface area contributed by atoms with Crippen LogP contribution < -0.4 is 16.4 Å². The van der Waals surface area contributed by atoms with Gasteiger partial charge in [0.2, 0.25) is 5.91 Å². The van der Waals surface area contributed by atoms with Gasteiger partial charge >= 0.3 is 0 Å². The van der Waals surface area contributed by atoms with E-state index in [1.54, 1.807) is 13.0 Å². The Bertz CT molecular complexity index is 474. The lowest BCUT2D eigenvalue weighted by Crippen LogP contribution is -2.39. The maximum atomic E-state index is 11.8. The highest BCUT2D eigenvalue weighted by molar-refractivity contribution is 7.80. The first-order chi connectivity index (χ1) is 8.58. The van der Waals surface area contributed by atoms with Crippen LogP contribution in [0.3, 0.4) is 0 Å². The number of carbonyl (C=O) groups is 1. The second-order valence-electron chi connectivity index (χ2n) is 4.31. The molecular formula is C11H15N5OS. The lowest BCUT2D eigenvalue weighted by molar-refractivity contribution is -0.121. The summed E-state index contributed by atoms with van der Waals surface area (Å²) in [5.41, 5.74) is 6.17. The van der Waals surface area contributed by atoms with Gasteiger partial charge in [0.25, 0.3) is 0 Å². The molecule has 0 spiro atoms. The molecule has 0 aliphatic heterocycles. The van der Waals surface area contributed by atoms with E-state index in [0.29, 0.717) is 17.4 Å². The summed E-state index contributed by atoms with van der Waals surface area (Å²) in [6, 6.07) is 1.59. The number of hydrogen-bond donors (Lipinski definition) is 3. The first-order valence-electron chi connectivity index (χ1n) is 5.76. The van der Waals surface area contributed by atoms with Crippen LogP contribution in [0.15, 0.2) is 12.3 Å². The first kappa shape index (κ1) is 12.7. The van der Waals surface area contributed by atoms with Crippen LogP contribution in [-0.4, -0.2) is 33.2 Å². The number of aromatic nitrogens is 2. The zero-order valence-corrected chi connectivity index (χ0v) is 10.8. The van der Waals surface area contributed by atoms with Gasteiger partial charge in [-0.3, -0.25) is 4.79 Å². The third kappa shape index (κ3) is 3.13. The highest BCUT2D eigenvalue weighted by Gasteiger charge is 2.26. The Balaban J connectivity index is 2.03. The first-order valence-corrected chi connectivity index (χ1v) is 6.17. The molecule has 0 aromatic carbocycles. The van der Waals surface area contributed by atoms with E-state index in [1.807, 2.05) is 0 Å². The summed E-state index contributed by atoms with van der Waals surface area (Å²) in [5, 5.41) is 13.5. The lowest BCUT2D eigenvalue weighted by atomic mass is 10.2. The smallest absolute Gasteiger partial charge is 0.242 e. The lowest BCUT2D eigenvalue weighted by Gasteiger charge is -2.15. The van der Waals surface area contributed by atoms with Gasteiger partial charge in [-0.2, -0.15) is 5.10 Å². The van der Waals surface area contributed by atoms with Crippen molar-refractivity contribution in [2.24, 2.45) is 5.73 Å². The van der Waals surface area contributed by atoms with Gasteiger partial charge < -0.3 is 16.4 Å². The van der Waals surface area contributed by atoms with Gasteiger partial charge in [0.05, 0.1) is 11.8 Å². The van der Waals surface area contributed by atoms with Gasteiger partial charge in [0.15, 0.2) is 5.82 Å². The molecule has 2 rings (SSSR count). The number of nitrogens with zero attached hydrogens (tertiary/aromatic N) is 2. The maximum Gasteiger partial charge on any atom is 0.242 e. The van der Waals surface area contributed by atoms with Crippen LogP contribution in [0.4, 0.5) is 5.82 Å². The molecule has 1 fully saturated rings. The molecular weight excluding hydrogens is 250 g/mol. The fraction of sp³-hybridized carbons (Fsp3) is 0.455. The largest absolute Gasteiger partial charge is 0.389 e. The zero-order valence-electron chi connectivity index (χ0n) is 10.0. The van der Waals surface area contributed by atoms with Crippen molar-refractivity contribution in [3.05, 3.63) is 17.8 Å². The number of amides is 1. The van der Waals surface area contributed by atoms with Crippen molar-refractivity contribution in [2.75, 3.05) is 5.32 Å². The molecule has 1 aliphatic rings. The van der Waals surface area contributed by atoms with Crippen LogP contribution in [0, 0.1) is 0 Å². The fourth-order valence-electron chi connectivity index (χ4n) is 1.46.